The molecule has 0 bridgehead atoms. The molecule has 1 N–H and O–H groups in total. The lowest BCUT2D eigenvalue weighted by atomic mass is 10.3. The summed E-state index contributed by atoms with van der Waals surface area (Å²) < 4.78 is 31.8. The van der Waals surface area contributed by atoms with Crippen LogP contribution in [0.15, 0.2) is 29.2 Å². The van der Waals surface area contributed by atoms with Crippen molar-refractivity contribution in [3.63, 3.8) is 0 Å². The first-order chi connectivity index (χ1) is 10.5. The minimum absolute atomic E-state index is 0.0339. The van der Waals surface area contributed by atoms with Gasteiger partial charge in [0.25, 0.3) is 0 Å². The molecule has 1 aliphatic carbocycles. The molecule has 3 rings (SSSR count). The van der Waals surface area contributed by atoms with Crippen LogP contribution >= 0.6 is 0 Å². The lowest BCUT2D eigenvalue weighted by Crippen LogP contribution is -2.40. The topological polar surface area (TPSA) is 75.7 Å². The second-order valence-corrected chi connectivity index (χ2v) is 7.79. The van der Waals surface area contributed by atoms with E-state index in [1.54, 1.807) is 18.2 Å². The Kier molecular flexibility index (Phi) is 4.20. The molecule has 7 heteroatoms. The number of hydrogen-bond donors (Lipinski definition) is 1. The molecule has 0 spiro atoms. The Balaban J connectivity index is 1.76. The number of ether oxygens (including phenoxy) is 1. The Morgan fingerprint density at radius 1 is 1.32 bits per heavy atom. The molecule has 2 fully saturated rings. The molecule has 0 aromatic heterocycles. The van der Waals surface area contributed by atoms with Crippen LogP contribution < -0.4 is 5.32 Å². The summed E-state index contributed by atoms with van der Waals surface area (Å²) in [6.07, 6.45) is 0.900. The van der Waals surface area contributed by atoms with Crippen LogP contribution in [-0.4, -0.2) is 44.9 Å². The maximum absolute atomic E-state index is 12.6. The molecular weight excluding hydrogens is 304 g/mol. The molecule has 1 saturated carbocycles. The number of morpholine rings is 1. The zero-order valence-corrected chi connectivity index (χ0v) is 13.3. The van der Waals surface area contributed by atoms with Gasteiger partial charge in [0.15, 0.2) is 0 Å². The summed E-state index contributed by atoms with van der Waals surface area (Å²) in [7, 11) is -3.53. The molecule has 2 atom stereocenters. The Bertz CT molecular complexity index is 668. The van der Waals surface area contributed by atoms with Crippen LogP contribution in [0.2, 0.25) is 0 Å². The van der Waals surface area contributed by atoms with Gasteiger partial charge in [0.1, 0.15) is 0 Å². The lowest BCUT2D eigenvalue weighted by molar-refractivity contribution is -0.117. The number of benzene rings is 1. The molecule has 1 saturated heterocycles. The summed E-state index contributed by atoms with van der Waals surface area (Å²) >= 11 is 0. The van der Waals surface area contributed by atoms with Crippen molar-refractivity contribution in [1.82, 2.24) is 4.31 Å². The number of carbonyl (C=O) groups is 1. The highest BCUT2D eigenvalue weighted by atomic mass is 32.2. The number of amides is 1. The average Bonchev–Trinajstić information content (AvgIpc) is 3.25. The third-order valence-electron chi connectivity index (χ3n) is 4.16. The maximum atomic E-state index is 12.6. The van der Waals surface area contributed by atoms with Gasteiger partial charge in [0.05, 0.1) is 18.1 Å². The molecule has 2 aliphatic rings. The van der Waals surface area contributed by atoms with E-state index in [1.165, 1.54) is 10.4 Å². The van der Waals surface area contributed by atoms with E-state index in [0.717, 1.165) is 6.42 Å². The minimum Gasteiger partial charge on any atom is -0.379 e. The van der Waals surface area contributed by atoms with Gasteiger partial charge in [-0.2, -0.15) is 4.31 Å². The predicted molar refractivity (Wildman–Crippen MR) is 81.9 cm³/mol. The minimum atomic E-state index is -3.53. The van der Waals surface area contributed by atoms with E-state index in [1.807, 2.05) is 6.92 Å². The molecule has 1 aliphatic heterocycles. The van der Waals surface area contributed by atoms with Gasteiger partial charge in [0, 0.05) is 24.7 Å². The van der Waals surface area contributed by atoms with Gasteiger partial charge in [-0.05, 0) is 30.5 Å². The molecule has 6 nitrogen and oxygen atoms in total. The van der Waals surface area contributed by atoms with E-state index in [-0.39, 0.29) is 16.7 Å². The zero-order chi connectivity index (χ0) is 15.7. The first-order valence-electron chi connectivity index (χ1n) is 7.47. The predicted octanol–water partition coefficient (Wildman–Crippen LogP) is 1.30. The average molecular weight is 324 g/mol. The summed E-state index contributed by atoms with van der Waals surface area (Å²) in [5, 5.41) is 2.80. The highest BCUT2D eigenvalue weighted by Crippen LogP contribution is 2.38. The van der Waals surface area contributed by atoms with Crippen LogP contribution in [0.1, 0.15) is 13.3 Å². The first kappa shape index (κ1) is 15.5. The number of sulfonamides is 1. The van der Waals surface area contributed by atoms with Crippen LogP contribution in [0.25, 0.3) is 0 Å². The molecule has 1 amide bonds. The summed E-state index contributed by atoms with van der Waals surface area (Å²) in [5.74, 6) is 0.438. The van der Waals surface area contributed by atoms with Crippen molar-refractivity contribution in [2.75, 3.05) is 31.6 Å². The smallest absolute Gasteiger partial charge is 0.243 e. The van der Waals surface area contributed by atoms with Crippen LogP contribution in [-0.2, 0) is 19.6 Å². The second-order valence-electron chi connectivity index (χ2n) is 5.85. The number of rotatable bonds is 4. The molecule has 22 heavy (non-hydrogen) atoms. The molecule has 120 valence electrons. The van der Waals surface area contributed by atoms with Crippen molar-refractivity contribution >= 4 is 21.6 Å². The molecule has 0 radical (unpaired) electrons. The Labute approximate surface area is 130 Å². The summed E-state index contributed by atoms with van der Waals surface area (Å²) in [5.41, 5.74) is 0.526. The second kappa shape index (κ2) is 5.98. The van der Waals surface area contributed by atoms with E-state index in [2.05, 4.69) is 5.32 Å². The van der Waals surface area contributed by atoms with E-state index in [4.69, 9.17) is 4.74 Å². The summed E-state index contributed by atoms with van der Waals surface area (Å²) in [6, 6.07) is 6.44. The van der Waals surface area contributed by atoms with Crippen molar-refractivity contribution in [2.24, 2.45) is 11.8 Å². The van der Waals surface area contributed by atoms with Gasteiger partial charge >= 0.3 is 0 Å². The summed E-state index contributed by atoms with van der Waals surface area (Å²) in [6.45, 7) is 3.57. The standard InChI is InChI=1S/C15H20N2O4S/c1-11-9-14(11)15(18)16-12-3-2-4-13(10-12)22(19,20)17-5-7-21-8-6-17/h2-4,10-11,14H,5-9H2,1H3,(H,16,18)/t11-,14+/m1/s1. The third kappa shape index (κ3) is 3.16. The first-order valence-corrected chi connectivity index (χ1v) is 8.91. The highest BCUT2D eigenvalue weighted by Gasteiger charge is 2.39. The fourth-order valence-corrected chi connectivity index (χ4v) is 4.05. The van der Waals surface area contributed by atoms with E-state index < -0.39 is 10.0 Å². The SMILES string of the molecule is C[C@@H]1C[C@@H]1C(=O)Nc1cccc(S(=O)(=O)N2CCOCC2)c1. The van der Waals surface area contributed by atoms with Crippen molar-refractivity contribution < 1.29 is 17.9 Å². The van der Waals surface area contributed by atoms with Gasteiger partial charge in [-0.1, -0.05) is 13.0 Å². The molecule has 1 heterocycles. The number of nitrogens with one attached hydrogen (secondary N) is 1. The maximum Gasteiger partial charge on any atom is 0.243 e. The van der Waals surface area contributed by atoms with Crippen molar-refractivity contribution in [1.29, 1.82) is 0 Å². The molecule has 1 aromatic rings. The number of carbonyl (C=O) groups excluding carboxylic acids is 1. The van der Waals surface area contributed by atoms with E-state index in [9.17, 15) is 13.2 Å². The van der Waals surface area contributed by atoms with E-state index >= 15 is 0 Å². The van der Waals surface area contributed by atoms with E-state index in [0.29, 0.717) is 37.9 Å². The third-order valence-corrected chi connectivity index (χ3v) is 6.05. The quantitative estimate of drug-likeness (QED) is 0.906. The fraction of sp³-hybridized carbons (Fsp3) is 0.533. The number of nitrogens with zero attached hydrogens (tertiary/aromatic N) is 1. The Hall–Kier alpha value is -1.44. The van der Waals surface area contributed by atoms with Crippen LogP contribution in [0.3, 0.4) is 0 Å². The van der Waals surface area contributed by atoms with Gasteiger partial charge in [-0.15, -0.1) is 0 Å². The fourth-order valence-electron chi connectivity index (χ4n) is 2.59. The molecule has 0 unspecified atom stereocenters. The van der Waals surface area contributed by atoms with Gasteiger partial charge in [-0.25, -0.2) is 8.42 Å². The van der Waals surface area contributed by atoms with Crippen molar-refractivity contribution in [3.8, 4) is 0 Å². The number of hydrogen-bond acceptors (Lipinski definition) is 4. The summed E-state index contributed by atoms with van der Waals surface area (Å²) in [4.78, 5) is 12.2. The Morgan fingerprint density at radius 2 is 2.00 bits per heavy atom. The number of anilines is 1. The normalized spacial score (nSPS) is 25.7. The molecular formula is C15H20N2O4S. The lowest BCUT2D eigenvalue weighted by Gasteiger charge is -2.26. The Morgan fingerprint density at radius 3 is 2.64 bits per heavy atom. The highest BCUT2D eigenvalue weighted by molar-refractivity contribution is 7.89. The van der Waals surface area contributed by atoms with Crippen LogP contribution in [0.5, 0.6) is 0 Å². The van der Waals surface area contributed by atoms with Crippen molar-refractivity contribution in [3.05, 3.63) is 24.3 Å². The van der Waals surface area contributed by atoms with Gasteiger partial charge < -0.3 is 10.1 Å². The molecule has 1 aromatic carbocycles. The monoisotopic (exact) mass is 324 g/mol. The van der Waals surface area contributed by atoms with Gasteiger partial charge in [-0.3, -0.25) is 4.79 Å². The van der Waals surface area contributed by atoms with Crippen molar-refractivity contribution in [2.45, 2.75) is 18.2 Å². The van der Waals surface area contributed by atoms with Crippen LogP contribution in [0, 0.1) is 11.8 Å². The van der Waals surface area contributed by atoms with Crippen LogP contribution in [0.4, 0.5) is 5.69 Å². The van der Waals surface area contributed by atoms with Gasteiger partial charge in [0.2, 0.25) is 15.9 Å². The largest absolute Gasteiger partial charge is 0.379 e. The zero-order valence-electron chi connectivity index (χ0n) is 12.5.